The minimum absolute atomic E-state index is 0. The van der Waals surface area contributed by atoms with Crippen LogP contribution in [0.1, 0.15) is 0 Å². The molecule has 0 atom stereocenters. The standard InChI is InChI=1S/2C18H15P.2C3H9NS2.Co/c2*1-4-10-16(11-5-1)19(17-12-6-2-7-13-17)18-14-8-3-9-15-18;2*1-4(2)3(5)6;/h2*1-15H;2*3,5-6H,1-2H3;/p-2. The molecule has 0 saturated heterocycles. The molecule has 1 radical (unpaired) electrons. The molecule has 0 spiro atoms. The van der Waals surface area contributed by atoms with Crippen molar-refractivity contribution >= 4 is 98.2 Å². The zero-order valence-corrected chi connectivity index (χ0v) is 35.6. The van der Waals surface area contributed by atoms with Crippen LogP contribution < -0.4 is 31.8 Å². The average molecular weight is 828 g/mol. The van der Waals surface area contributed by atoms with Crippen LogP contribution in [0.4, 0.5) is 0 Å². The fourth-order valence-corrected chi connectivity index (χ4v) is 9.78. The van der Waals surface area contributed by atoms with Gasteiger partial charge in [-0.1, -0.05) is 109 Å². The van der Waals surface area contributed by atoms with E-state index in [4.69, 9.17) is 0 Å². The maximum Gasteiger partial charge on any atom is 0.102 e. The van der Waals surface area contributed by atoms with Gasteiger partial charge in [0, 0.05) is 16.8 Å². The van der Waals surface area contributed by atoms with Crippen LogP contribution in [-0.2, 0) is 67.3 Å². The molecule has 0 aromatic heterocycles. The molecule has 6 rings (SSSR count). The first-order valence-corrected chi connectivity index (χ1v) is 21.1. The van der Waals surface area contributed by atoms with Gasteiger partial charge in [0.05, 0.1) is 15.8 Å². The molecular formula is C42H46CoN2P2S4-2. The summed E-state index contributed by atoms with van der Waals surface area (Å²) in [5, 5.41) is 8.61. The Morgan fingerprint density at radius 1 is 0.314 bits per heavy atom. The van der Waals surface area contributed by atoms with Crippen molar-refractivity contribution in [3.05, 3.63) is 182 Å². The van der Waals surface area contributed by atoms with Crippen molar-refractivity contribution in [2.75, 3.05) is 28.2 Å². The van der Waals surface area contributed by atoms with Crippen LogP contribution in [0.2, 0.25) is 0 Å². The Labute approximate surface area is 341 Å². The molecule has 51 heavy (non-hydrogen) atoms. The molecule has 0 heterocycles. The zero-order chi connectivity index (χ0) is 36.1. The van der Waals surface area contributed by atoms with Gasteiger partial charge < -0.3 is 60.3 Å². The summed E-state index contributed by atoms with van der Waals surface area (Å²) in [5.41, 5.74) is 0. The summed E-state index contributed by atoms with van der Waals surface area (Å²) in [6.07, 6.45) is 0. The first kappa shape index (κ1) is 45.2. The number of rotatable bonds is 8. The molecule has 0 bridgehead atoms. The molecule has 269 valence electrons. The van der Waals surface area contributed by atoms with Crippen molar-refractivity contribution in [3.8, 4) is 0 Å². The van der Waals surface area contributed by atoms with Crippen molar-refractivity contribution < 1.29 is 16.8 Å². The summed E-state index contributed by atoms with van der Waals surface area (Å²) in [6.45, 7) is 0. The molecule has 0 aliphatic heterocycles. The first-order valence-electron chi connectivity index (χ1n) is 16.2. The minimum Gasteiger partial charge on any atom is -0.800 e. The second-order valence-electron chi connectivity index (χ2n) is 11.5. The van der Waals surface area contributed by atoms with Gasteiger partial charge in [-0.2, -0.15) is 0 Å². The average Bonchev–Trinajstić information content (AvgIpc) is 3.15. The molecule has 0 unspecified atom stereocenters. The monoisotopic (exact) mass is 827 g/mol. The largest absolute Gasteiger partial charge is 0.800 e. The minimum atomic E-state index is -0.877. The smallest absolute Gasteiger partial charge is 0.102 e. The fourth-order valence-electron chi connectivity index (χ4n) is 4.63. The summed E-state index contributed by atoms with van der Waals surface area (Å²) in [5.74, 6) is 0. The first-order chi connectivity index (χ1) is 24.2. The molecule has 9 heteroatoms. The summed E-state index contributed by atoms with van der Waals surface area (Å²) in [7, 11) is 5.71. The molecule has 0 aliphatic carbocycles. The van der Waals surface area contributed by atoms with E-state index in [9.17, 15) is 0 Å². The fraction of sp³-hybridized carbons (Fsp3) is 0.143. The van der Waals surface area contributed by atoms with Crippen molar-refractivity contribution in [2.24, 2.45) is 0 Å². The van der Waals surface area contributed by atoms with Crippen LogP contribution in [0, 0.1) is 0 Å². The summed E-state index contributed by atoms with van der Waals surface area (Å²) in [6, 6.07) is 65.0. The SMILES string of the molecule is CN(C)C([S-])[S-].CN(C)C([S-])[S-].[Co].c1ccc([PH+](c2ccccc2)c2ccccc2)cc1.c1ccc([PH+](c2ccccc2)c2ccccc2)cc1. The molecular weight excluding hydrogens is 782 g/mol. The predicted octanol–water partition coefficient (Wildman–Crippen LogP) is 6.20. The quantitative estimate of drug-likeness (QED) is 0.132. The Morgan fingerprint density at radius 2 is 0.431 bits per heavy atom. The van der Waals surface area contributed by atoms with E-state index in [1.807, 2.05) is 28.2 Å². The topological polar surface area (TPSA) is 6.48 Å². The predicted molar refractivity (Wildman–Crippen MR) is 237 cm³/mol. The van der Waals surface area contributed by atoms with Crippen LogP contribution in [0.3, 0.4) is 0 Å². The number of nitrogens with zero attached hydrogens (tertiary/aromatic N) is 2. The maximum atomic E-state index is 4.64. The molecule has 0 saturated carbocycles. The Morgan fingerprint density at radius 3 is 0.529 bits per heavy atom. The van der Waals surface area contributed by atoms with Gasteiger partial charge in [0.2, 0.25) is 0 Å². The molecule has 0 amide bonds. The van der Waals surface area contributed by atoms with Crippen molar-refractivity contribution in [1.29, 1.82) is 0 Å². The van der Waals surface area contributed by atoms with E-state index in [0.29, 0.717) is 0 Å². The van der Waals surface area contributed by atoms with E-state index in [0.717, 1.165) is 0 Å². The van der Waals surface area contributed by atoms with Crippen molar-refractivity contribution in [1.82, 2.24) is 9.80 Å². The second-order valence-corrected chi connectivity index (χ2v) is 18.8. The van der Waals surface area contributed by atoms with E-state index >= 15 is 0 Å². The van der Waals surface area contributed by atoms with E-state index in [1.54, 1.807) is 9.80 Å². The van der Waals surface area contributed by atoms with Gasteiger partial charge in [0.15, 0.2) is 0 Å². The van der Waals surface area contributed by atoms with E-state index in [2.05, 4.69) is 233 Å². The number of hydrogen-bond acceptors (Lipinski definition) is 6. The van der Waals surface area contributed by atoms with Crippen molar-refractivity contribution in [3.63, 3.8) is 0 Å². The van der Waals surface area contributed by atoms with Gasteiger partial charge >= 0.3 is 0 Å². The molecule has 6 aromatic rings. The molecule has 2 nitrogen and oxygen atoms in total. The Bertz CT molecular complexity index is 1380. The van der Waals surface area contributed by atoms with E-state index < -0.39 is 15.8 Å². The van der Waals surface area contributed by atoms with Gasteiger partial charge in [-0.25, -0.2) is 9.41 Å². The molecule has 0 N–H and O–H groups in total. The van der Waals surface area contributed by atoms with Crippen LogP contribution in [-0.4, -0.2) is 47.4 Å². The number of benzene rings is 6. The molecule has 6 aromatic carbocycles. The summed E-state index contributed by atoms with van der Waals surface area (Å²) >= 11 is 18.6. The summed E-state index contributed by atoms with van der Waals surface area (Å²) in [4.78, 5) is 3.59. The third kappa shape index (κ3) is 16.7. The van der Waals surface area contributed by atoms with Gasteiger partial charge in [-0.15, -0.1) is 0 Å². The zero-order valence-electron chi connectivity index (χ0n) is 29.3. The van der Waals surface area contributed by atoms with Crippen LogP contribution in [0.5, 0.6) is 0 Å². The third-order valence-corrected chi connectivity index (χ3v) is 14.4. The Balaban J connectivity index is 0.000000266. The number of hydrogen-bond donors (Lipinski definition) is 0. The third-order valence-electron chi connectivity index (χ3n) is 7.22. The normalized spacial score (nSPS) is 10.5. The van der Waals surface area contributed by atoms with Crippen LogP contribution in [0.15, 0.2) is 182 Å². The second kappa shape index (κ2) is 25.9. The Kier molecular flexibility index (Phi) is 22.9. The van der Waals surface area contributed by atoms with E-state index in [-0.39, 0.29) is 26.2 Å². The van der Waals surface area contributed by atoms with Crippen LogP contribution >= 0.6 is 15.8 Å². The molecule has 0 fully saturated rings. The van der Waals surface area contributed by atoms with E-state index in [1.165, 1.54) is 31.8 Å². The summed E-state index contributed by atoms with van der Waals surface area (Å²) < 4.78 is -0.296. The van der Waals surface area contributed by atoms with Gasteiger partial charge in [0.25, 0.3) is 0 Å². The van der Waals surface area contributed by atoms with Crippen molar-refractivity contribution in [2.45, 2.75) is 9.41 Å². The maximum absolute atomic E-state index is 4.64. The van der Waals surface area contributed by atoms with Crippen LogP contribution in [0.25, 0.3) is 0 Å². The van der Waals surface area contributed by atoms with Gasteiger partial charge in [0.1, 0.15) is 31.8 Å². The molecule has 0 aliphatic rings. The van der Waals surface area contributed by atoms with Gasteiger partial charge in [-0.3, -0.25) is 0 Å². The Hall–Kier alpha value is -1.99. The van der Waals surface area contributed by atoms with Gasteiger partial charge in [-0.05, 0) is 101 Å².